The maximum Gasteiger partial charge on any atom is 0.270 e. The summed E-state index contributed by atoms with van der Waals surface area (Å²) in [5, 5.41) is 2.78. The van der Waals surface area contributed by atoms with Gasteiger partial charge in [-0.2, -0.15) is 0 Å². The van der Waals surface area contributed by atoms with E-state index in [0.717, 1.165) is 5.56 Å². The summed E-state index contributed by atoms with van der Waals surface area (Å²) in [6.45, 7) is 1.95. The number of rotatable bonds is 0. The molecule has 1 N–H and O–H groups in total. The molecule has 2 heterocycles. The molecule has 2 rings (SSSR count). The van der Waals surface area contributed by atoms with Crippen LogP contribution < -0.4 is 5.32 Å². The lowest BCUT2D eigenvalue weighted by Gasteiger charge is -2.00. The molecule has 0 fully saturated rings. The van der Waals surface area contributed by atoms with Gasteiger partial charge >= 0.3 is 0 Å². The average molecular weight is 148 g/mol. The molecule has 1 unspecified atom stereocenters. The second kappa shape index (κ2) is 2.05. The van der Waals surface area contributed by atoms with Gasteiger partial charge in [0.1, 0.15) is 5.69 Å². The molecular weight excluding hydrogens is 140 g/mol. The molecule has 1 aliphatic heterocycles. The van der Waals surface area contributed by atoms with Crippen LogP contribution in [0.15, 0.2) is 18.3 Å². The van der Waals surface area contributed by atoms with E-state index in [1.165, 1.54) is 0 Å². The van der Waals surface area contributed by atoms with Gasteiger partial charge in [0.25, 0.3) is 5.91 Å². The van der Waals surface area contributed by atoms with Gasteiger partial charge in [-0.3, -0.25) is 9.78 Å². The molecular formula is C8H8N2O. The van der Waals surface area contributed by atoms with Crippen molar-refractivity contribution in [3.8, 4) is 0 Å². The van der Waals surface area contributed by atoms with Crippen molar-refractivity contribution in [2.75, 3.05) is 0 Å². The topological polar surface area (TPSA) is 42.0 Å². The maximum atomic E-state index is 11.1. The quantitative estimate of drug-likeness (QED) is 0.593. The molecule has 1 aromatic heterocycles. The Hall–Kier alpha value is -1.38. The van der Waals surface area contributed by atoms with Crippen molar-refractivity contribution in [1.29, 1.82) is 0 Å². The Morgan fingerprint density at radius 2 is 2.45 bits per heavy atom. The van der Waals surface area contributed by atoms with Gasteiger partial charge < -0.3 is 5.32 Å². The van der Waals surface area contributed by atoms with E-state index >= 15 is 0 Å². The first kappa shape index (κ1) is 6.34. The summed E-state index contributed by atoms with van der Waals surface area (Å²) >= 11 is 0. The minimum absolute atomic E-state index is 0.0619. The predicted molar refractivity (Wildman–Crippen MR) is 40.1 cm³/mol. The second-order valence-corrected chi connectivity index (χ2v) is 2.64. The fraction of sp³-hybridized carbons (Fsp3) is 0.250. The molecule has 3 heteroatoms. The molecule has 1 atom stereocenters. The molecule has 1 aliphatic rings. The largest absolute Gasteiger partial charge is 0.344 e. The lowest BCUT2D eigenvalue weighted by Crippen LogP contribution is -2.16. The van der Waals surface area contributed by atoms with Gasteiger partial charge in [0.2, 0.25) is 0 Å². The lowest BCUT2D eigenvalue weighted by molar-refractivity contribution is 0.0954. The number of hydrogen-bond donors (Lipinski definition) is 1. The first-order valence-electron chi connectivity index (χ1n) is 3.55. The summed E-state index contributed by atoms with van der Waals surface area (Å²) in [7, 11) is 0. The minimum Gasteiger partial charge on any atom is -0.344 e. The van der Waals surface area contributed by atoms with Crippen molar-refractivity contribution in [3.63, 3.8) is 0 Å². The Bertz CT molecular complexity index is 309. The zero-order valence-corrected chi connectivity index (χ0v) is 6.16. The van der Waals surface area contributed by atoms with Crippen LogP contribution in [0.25, 0.3) is 0 Å². The predicted octanol–water partition coefficient (Wildman–Crippen LogP) is 0.886. The summed E-state index contributed by atoms with van der Waals surface area (Å²) in [6, 6.07) is 3.88. The second-order valence-electron chi connectivity index (χ2n) is 2.64. The number of hydrogen-bond acceptors (Lipinski definition) is 2. The number of nitrogens with zero attached hydrogens (tertiary/aromatic N) is 1. The zero-order chi connectivity index (χ0) is 7.84. The molecule has 11 heavy (non-hydrogen) atoms. The Morgan fingerprint density at radius 3 is 3.18 bits per heavy atom. The summed E-state index contributed by atoms with van der Waals surface area (Å²) in [4.78, 5) is 15.1. The standard InChI is InChI=1S/C8H8N2O/c1-5-6-3-2-4-9-7(6)8(11)10-5/h2-5H,1H3,(H,10,11). The Kier molecular flexibility index (Phi) is 1.18. The summed E-state index contributed by atoms with van der Waals surface area (Å²) in [5.41, 5.74) is 1.57. The van der Waals surface area contributed by atoms with Crippen molar-refractivity contribution < 1.29 is 4.79 Å². The third-order valence-electron chi connectivity index (χ3n) is 1.87. The van der Waals surface area contributed by atoms with E-state index in [1.54, 1.807) is 6.20 Å². The van der Waals surface area contributed by atoms with Gasteiger partial charge in [-0.25, -0.2) is 0 Å². The van der Waals surface area contributed by atoms with E-state index < -0.39 is 0 Å². The summed E-state index contributed by atoms with van der Waals surface area (Å²) in [6.07, 6.45) is 1.64. The Labute approximate surface area is 64.5 Å². The van der Waals surface area contributed by atoms with Crippen molar-refractivity contribution in [2.45, 2.75) is 13.0 Å². The number of amides is 1. The number of carbonyl (C=O) groups is 1. The molecule has 0 aromatic carbocycles. The third kappa shape index (κ3) is 0.808. The van der Waals surface area contributed by atoms with Crippen LogP contribution in [-0.2, 0) is 0 Å². The molecule has 1 aromatic rings. The molecule has 0 spiro atoms. The van der Waals surface area contributed by atoms with E-state index in [0.29, 0.717) is 5.69 Å². The Morgan fingerprint density at radius 1 is 1.64 bits per heavy atom. The first-order chi connectivity index (χ1) is 5.29. The first-order valence-corrected chi connectivity index (χ1v) is 3.55. The maximum absolute atomic E-state index is 11.1. The summed E-state index contributed by atoms with van der Waals surface area (Å²) < 4.78 is 0. The molecule has 3 nitrogen and oxygen atoms in total. The van der Waals surface area contributed by atoms with Crippen molar-refractivity contribution in [1.82, 2.24) is 10.3 Å². The van der Waals surface area contributed by atoms with Crippen LogP contribution in [0.3, 0.4) is 0 Å². The van der Waals surface area contributed by atoms with Crippen molar-refractivity contribution >= 4 is 5.91 Å². The monoisotopic (exact) mass is 148 g/mol. The molecule has 56 valence electrons. The van der Waals surface area contributed by atoms with E-state index in [-0.39, 0.29) is 11.9 Å². The molecule has 0 radical (unpaired) electrons. The van der Waals surface area contributed by atoms with Crippen LogP contribution in [-0.4, -0.2) is 10.9 Å². The van der Waals surface area contributed by atoms with E-state index in [2.05, 4.69) is 10.3 Å². The van der Waals surface area contributed by atoms with Gasteiger partial charge in [-0.1, -0.05) is 6.07 Å². The van der Waals surface area contributed by atoms with Gasteiger partial charge in [0.05, 0.1) is 6.04 Å². The lowest BCUT2D eigenvalue weighted by atomic mass is 10.1. The number of carbonyl (C=O) groups excluding carboxylic acids is 1. The van der Waals surface area contributed by atoms with Gasteiger partial charge in [0, 0.05) is 11.8 Å². The normalized spacial score (nSPS) is 21.2. The van der Waals surface area contributed by atoms with Crippen molar-refractivity contribution in [3.05, 3.63) is 29.6 Å². The van der Waals surface area contributed by atoms with Gasteiger partial charge in [-0.15, -0.1) is 0 Å². The highest BCUT2D eigenvalue weighted by atomic mass is 16.2. The molecule has 0 bridgehead atoms. The zero-order valence-electron chi connectivity index (χ0n) is 6.16. The Balaban J connectivity index is 2.60. The number of nitrogens with one attached hydrogen (secondary N) is 1. The fourth-order valence-electron chi connectivity index (χ4n) is 1.30. The van der Waals surface area contributed by atoms with E-state index in [9.17, 15) is 4.79 Å². The molecule has 0 saturated carbocycles. The van der Waals surface area contributed by atoms with Crippen LogP contribution in [0, 0.1) is 0 Å². The van der Waals surface area contributed by atoms with Crippen molar-refractivity contribution in [2.24, 2.45) is 0 Å². The molecule has 0 saturated heterocycles. The number of aromatic nitrogens is 1. The van der Waals surface area contributed by atoms with Crippen LogP contribution >= 0.6 is 0 Å². The van der Waals surface area contributed by atoms with Gasteiger partial charge in [-0.05, 0) is 13.0 Å². The SMILES string of the molecule is CC1NC(=O)c2ncccc21. The molecule has 0 aliphatic carbocycles. The minimum atomic E-state index is -0.0619. The molecule has 1 amide bonds. The smallest absolute Gasteiger partial charge is 0.270 e. The van der Waals surface area contributed by atoms with Gasteiger partial charge in [0.15, 0.2) is 0 Å². The van der Waals surface area contributed by atoms with Crippen LogP contribution in [0.1, 0.15) is 29.0 Å². The third-order valence-corrected chi connectivity index (χ3v) is 1.87. The number of pyridine rings is 1. The summed E-state index contributed by atoms with van der Waals surface area (Å²) in [5.74, 6) is -0.0619. The fourth-order valence-corrected chi connectivity index (χ4v) is 1.30. The highest BCUT2D eigenvalue weighted by Crippen LogP contribution is 2.21. The van der Waals surface area contributed by atoms with Crippen LogP contribution in [0.2, 0.25) is 0 Å². The highest BCUT2D eigenvalue weighted by molar-refractivity contribution is 5.97. The average Bonchev–Trinajstić information content (AvgIpc) is 2.30. The van der Waals surface area contributed by atoms with Crippen LogP contribution in [0.5, 0.6) is 0 Å². The number of fused-ring (bicyclic) bond motifs is 1. The van der Waals surface area contributed by atoms with E-state index in [1.807, 2.05) is 19.1 Å². The van der Waals surface area contributed by atoms with Crippen LogP contribution in [0.4, 0.5) is 0 Å². The highest BCUT2D eigenvalue weighted by Gasteiger charge is 2.25. The van der Waals surface area contributed by atoms with E-state index in [4.69, 9.17) is 0 Å².